The van der Waals surface area contributed by atoms with E-state index in [1.54, 1.807) is 26.8 Å². The third-order valence-corrected chi connectivity index (χ3v) is 3.87. The Morgan fingerprint density at radius 3 is 2.47 bits per heavy atom. The third-order valence-electron chi connectivity index (χ3n) is 3.87. The summed E-state index contributed by atoms with van der Waals surface area (Å²) in [5.41, 5.74) is 16.9. The quantitative estimate of drug-likeness (QED) is 0.188. The number of fused-ring (bicyclic) bond motifs is 1. The molecule has 0 aliphatic rings. The summed E-state index contributed by atoms with van der Waals surface area (Å²) < 4.78 is 9.97. The molecule has 32 heavy (non-hydrogen) atoms. The highest BCUT2D eigenvalue weighted by molar-refractivity contribution is 5.88. The van der Waals surface area contributed by atoms with Crippen molar-refractivity contribution in [1.29, 1.82) is 0 Å². The van der Waals surface area contributed by atoms with Gasteiger partial charge in [0.25, 0.3) is 0 Å². The minimum Gasteiger partial charge on any atom is -0.480 e. The summed E-state index contributed by atoms with van der Waals surface area (Å²) in [5, 5.41) is 12.0. The van der Waals surface area contributed by atoms with Crippen LogP contribution in [0, 0.1) is 6.92 Å². The second-order valence-electron chi connectivity index (χ2n) is 8.01. The van der Waals surface area contributed by atoms with Gasteiger partial charge in [0, 0.05) is 23.7 Å². The number of carbonyl (C=O) groups excluding carboxylic acids is 1. The number of carboxylic acids is 1. The molecule has 0 saturated carbocycles. The number of aryl methyl sites for hydroxylation is 1. The number of ether oxygens (including phenoxy) is 1. The first-order valence-electron chi connectivity index (χ1n) is 9.86. The number of carbonyl (C=O) groups is 2. The molecule has 176 valence electrons. The average Bonchev–Trinajstić information content (AvgIpc) is 2.62. The molecule has 1 aromatic heterocycles. The van der Waals surface area contributed by atoms with E-state index in [1.807, 2.05) is 19.1 Å². The van der Waals surface area contributed by atoms with Crippen LogP contribution in [0.4, 0.5) is 10.5 Å². The number of nitrogens with one attached hydrogen (secondary N) is 1. The lowest BCUT2D eigenvalue weighted by molar-refractivity contribution is -0.139. The monoisotopic (exact) mass is 449 g/mol. The van der Waals surface area contributed by atoms with Crippen LogP contribution in [-0.4, -0.2) is 41.3 Å². The number of benzene rings is 1. The van der Waals surface area contributed by atoms with Gasteiger partial charge in [0.05, 0.1) is 0 Å². The number of guanidine groups is 1. The molecule has 0 unspecified atom stereocenters. The molecule has 8 N–H and O–H groups in total. The van der Waals surface area contributed by atoms with E-state index in [1.165, 1.54) is 6.07 Å². The Hall–Kier alpha value is -3.76. The molecule has 0 saturated heterocycles. The van der Waals surface area contributed by atoms with Crippen molar-refractivity contribution in [2.45, 2.75) is 52.2 Å². The Bertz CT molecular complexity index is 1020. The lowest BCUT2D eigenvalue weighted by Crippen LogP contribution is -2.43. The zero-order valence-corrected chi connectivity index (χ0v) is 18.7. The highest BCUT2D eigenvalue weighted by Crippen LogP contribution is 2.19. The number of aliphatic carboxylic acids is 1. The van der Waals surface area contributed by atoms with Gasteiger partial charge >= 0.3 is 17.7 Å². The molecule has 1 aromatic carbocycles. The van der Waals surface area contributed by atoms with E-state index in [0.717, 1.165) is 10.9 Å². The van der Waals surface area contributed by atoms with Gasteiger partial charge in [0.2, 0.25) is 0 Å². The number of amides is 1. The first-order valence-corrected chi connectivity index (χ1v) is 9.86. The number of rotatable bonds is 6. The smallest absolute Gasteiger partial charge is 0.408 e. The second-order valence-corrected chi connectivity index (χ2v) is 8.01. The first-order chi connectivity index (χ1) is 14.8. The average molecular weight is 450 g/mol. The van der Waals surface area contributed by atoms with Gasteiger partial charge in [-0.2, -0.15) is 0 Å². The summed E-state index contributed by atoms with van der Waals surface area (Å²) in [6.45, 7) is 7.33. The zero-order valence-electron chi connectivity index (χ0n) is 18.7. The van der Waals surface area contributed by atoms with Crippen LogP contribution in [0.2, 0.25) is 0 Å². The topological polar surface area (TPSA) is 196 Å². The molecule has 1 atom stereocenters. The highest BCUT2D eigenvalue weighted by Gasteiger charge is 2.23. The molecule has 0 spiro atoms. The number of hydrogen-bond acceptors (Lipinski definition) is 7. The van der Waals surface area contributed by atoms with E-state index in [9.17, 15) is 14.4 Å². The normalized spacial score (nSPS) is 11.6. The Morgan fingerprint density at radius 1 is 1.25 bits per heavy atom. The summed E-state index contributed by atoms with van der Waals surface area (Å²) in [7, 11) is 0. The molecule has 0 aliphatic carbocycles. The van der Waals surface area contributed by atoms with Crippen molar-refractivity contribution in [3.63, 3.8) is 0 Å². The summed E-state index contributed by atoms with van der Waals surface area (Å²) in [4.78, 5) is 37.1. The molecule has 11 nitrogen and oxygen atoms in total. The maximum atomic E-state index is 11.5. The fourth-order valence-electron chi connectivity index (χ4n) is 2.51. The summed E-state index contributed by atoms with van der Waals surface area (Å²) in [6, 6.07) is 5.84. The molecule has 0 fully saturated rings. The number of carboxylic acid groups (broad SMARTS) is 1. The van der Waals surface area contributed by atoms with E-state index < -0.39 is 29.3 Å². The van der Waals surface area contributed by atoms with Gasteiger partial charge in [0.15, 0.2) is 5.96 Å². The number of nitrogen functional groups attached to an aromatic ring is 1. The van der Waals surface area contributed by atoms with Crippen LogP contribution >= 0.6 is 0 Å². The molecule has 1 heterocycles. The predicted octanol–water partition coefficient (Wildman–Crippen LogP) is 1.70. The van der Waals surface area contributed by atoms with Crippen LogP contribution in [0.15, 0.2) is 38.5 Å². The van der Waals surface area contributed by atoms with Gasteiger partial charge in [-0.3, -0.25) is 4.99 Å². The Balaban J connectivity index is 0.000000339. The maximum absolute atomic E-state index is 11.5. The predicted molar refractivity (Wildman–Crippen MR) is 122 cm³/mol. The first kappa shape index (κ1) is 26.3. The molecular weight excluding hydrogens is 418 g/mol. The van der Waals surface area contributed by atoms with Crippen molar-refractivity contribution in [2.75, 3.05) is 12.3 Å². The van der Waals surface area contributed by atoms with E-state index >= 15 is 0 Å². The van der Waals surface area contributed by atoms with Gasteiger partial charge in [-0.25, -0.2) is 14.4 Å². The molecule has 2 aromatic rings. The lowest BCUT2D eigenvalue weighted by atomic mass is 10.1. The minimum absolute atomic E-state index is 0.0491. The van der Waals surface area contributed by atoms with Crippen LogP contribution < -0.4 is 28.1 Å². The maximum Gasteiger partial charge on any atom is 0.408 e. The molecule has 0 radical (unpaired) electrons. The zero-order chi connectivity index (χ0) is 24.5. The van der Waals surface area contributed by atoms with Crippen LogP contribution in [0.25, 0.3) is 11.0 Å². The summed E-state index contributed by atoms with van der Waals surface area (Å²) in [6.07, 6.45) is -0.113. The van der Waals surface area contributed by atoms with E-state index in [2.05, 4.69) is 10.3 Å². The van der Waals surface area contributed by atoms with Crippen LogP contribution in [0.3, 0.4) is 0 Å². The number of nitrogens with zero attached hydrogens (tertiary/aromatic N) is 1. The number of nitrogens with two attached hydrogens (primary N) is 3. The lowest BCUT2D eigenvalue weighted by Gasteiger charge is -2.21. The van der Waals surface area contributed by atoms with Crippen molar-refractivity contribution < 1.29 is 23.8 Å². The van der Waals surface area contributed by atoms with Crippen molar-refractivity contribution in [3.05, 3.63) is 40.2 Å². The number of anilines is 1. The molecule has 11 heteroatoms. The molecular formula is C21H31N5O6. The number of hydrogen-bond donors (Lipinski definition) is 5. The summed E-state index contributed by atoms with van der Waals surface area (Å²) >= 11 is 0. The Kier molecular flexibility index (Phi) is 9.51. The summed E-state index contributed by atoms with van der Waals surface area (Å²) in [5.74, 6) is -1.18. The minimum atomic E-state index is -1.13. The fraction of sp³-hybridized carbons (Fsp3) is 0.429. The third kappa shape index (κ3) is 9.83. The van der Waals surface area contributed by atoms with Crippen LogP contribution in [0.5, 0.6) is 0 Å². The van der Waals surface area contributed by atoms with Gasteiger partial charge in [-0.15, -0.1) is 0 Å². The standard InChI is InChI=1S/C11H22N4O4.C10H9NO2/c1-11(2,3)19-10(18)15-7(8(16)17)5-4-6-14-9(12)13;1-6-2-3-7-8(11)5-10(12)13-9(7)4-6/h7H,4-6H2,1-3H3,(H,15,18)(H,16,17)(H4,12,13,14);2-5H,11H2,1H3/t7-;/m0./s1. The van der Waals surface area contributed by atoms with E-state index in [0.29, 0.717) is 24.2 Å². The van der Waals surface area contributed by atoms with E-state index in [-0.39, 0.29) is 12.4 Å². The number of alkyl carbamates (subject to hydrolysis) is 1. The van der Waals surface area contributed by atoms with Crippen molar-refractivity contribution >= 4 is 34.7 Å². The van der Waals surface area contributed by atoms with Crippen molar-refractivity contribution in [1.82, 2.24) is 5.32 Å². The Morgan fingerprint density at radius 2 is 1.91 bits per heavy atom. The van der Waals surface area contributed by atoms with Gasteiger partial charge < -0.3 is 36.8 Å². The molecule has 0 bridgehead atoms. The molecule has 1 amide bonds. The van der Waals surface area contributed by atoms with Crippen LogP contribution in [0.1, 0.15) is 39.2 Å². The van der Waals surface area contributed by atoms with Crippen molar-refractivity contribution in [2.24, 2.45) is 16.5 Å². The SMILES string of the molecule is CC(C)(C)OC(=O)N[C@@H](CCCN=C(N)N)C(=O)O.Cc1ccc2c(N)cc(=O)oc2c1. The van der Waals surface area contributed by atoms with E-state index in [4.69, 9.17) is 31.5 Å². The van der Waals surface area contributed by atoms with Crippen LogP contribution in [-0.2, 0) is 9.53 Å². The fourth-order valence-corrected chi connectivity index (χ4v) is 2.51. The number of aliphatic imine (C=N–C) groups is 1. The highest BCUT2D eigenvalue weighted by atomic mass is 16.6. The molecule has 2 rings (SSSR count). The van der Waals surface area contributed by atoms with Crippen molar-refractivity contribution in [3.8, 4) is 0 Å². The Labute approximate surface area is 185 Å². The second kappa shape index (κ2) is 11.6. The van der Waals surface area contributed by atoms with Gasteiger partial charge in [-0.1, -0.05) is 6.07 Å². The largest absolute Gasteiger partial charge is 0.480 e. The van der Waals surface area contributed by atoms with Gasteiger partial charge in [0.1, 0.15) is 17.2 Å². The van der Waals surface area contributed by atoms with Gasteiger partial charge in [-0.05, 0) is 58.2 Å². The molecule has 0 aliphatic heterocycles.